The van der Waals surface area contributed by atoms with Crippen LogP contribution in [0.2, 0.25) is 0 Å². The van der Waals surface area contributed by atoms with Crippen molar-refractivity contribution in [1.29, 1.82) is 0 Å². The van der Waals surface area contributed by atoms with E-state index in [9.17, 15) is 15.0 Å². The van der Waals surface area contributed by atoms with E-state index < -0.39 is 23.8 Å². The van der Waals surface area contributed by atoms with Crippen LogP contribution in [0.25, 0.3) is 0 Å². The molecule has 7 rings (SSSR count). The third-order valence-corrected chi connectivity index (χ3v) is 12.5. The molecule has 310 valence electrons. The molecule has 2 aliphatic carbocycles. The summed E-state index contributed by atoms with van der Waals surface area (Å²) in [5.74, 6) is 1.29. The number of amides is 1. The van der Waals surface area contributed by atoms with Crippen LogP contribution in [-0.2, 0) is 20.9 Å². The molecule has 3 aromatic carbocycles. The van der Waals surface area contributed by atoms with Gasteiger partial charge >= 0.3 is 6.09 Å². The summed E-state index contributed by atoms with van der Waals surface area (Å²) in [6.45, 7) is 4.63. The molecule has 2 heterocycles. The Morgan fingerprint density at radius 1 is 0.966 bits per heavy atom. The van der Waals surface area contributed by atoms with Gasteiger partial charge in [-0.2, -0.15) is 0 Å². The van der Waals surface area contributed by atoms with Gasteiger partial charge in [-0.25, -0.2) is 4.79 Å². The number of aliphatic hydroxyl groups excluding tert-OH is 2. The fraction of sp³-hybridized carbons (Fsp3) is 0.467. The van der Waals surface area contributed by atoms with Gasteiger partial charge < -0.3 is 43.5 Å². The summed E-state index contributed by atoms with van der Waals surface area (Å²) < 4.78 is 37.6. The predicted molar refractivity (Wildman–Crippen MR) is 221 cm³/mol. The van der Waals surface area contributed by atoms with Crippen LogP contribution in [0.15, 0.2) is 95.0 Å². The maximum absolute atomic E-state index is 14.2. The number of rotatable bonds is 18. The van der Waals surface area contributed by atoms with Crippen LogP contribution in [0.1, 0.15) is 62.0 Å². The van der Waals surface area contributed by atoms with Crippen LogP contribution < -0.4 is 18.9 Å². The number of ether oxygens (including phenoxy) is 6. The molecule has 58 heavy (non-hydrogen) atoms. The van der Waals surface area contributed by atoms with Crippen LogP contribution in [0.5, 0.6) is 28.7 Å². The second-order valence-electron chi connectivity index (χ2n) is 15.0. The average Bonchev–Trinajstić information content (AvgIpc) is 3.72. The van der Waals surface area contributed by atoms with Gasteiger partial charge in [-0.05, 0) is 110 Å². The SMILES string of the molecule is C=CCO[C@@]12Oc3ccc(Oc4ccc(SC)cc4)cc3[C@H]3[C@H](CCCCO)[C@@H](CCCCO)C=C(C(=NOC)C[C@@H]1N(Cc1ccc4c(c1)OCO4)C(=O)OC)[C@H]32. The topological polar surface area (TPSA) is 138 Å². The van der Waals surface area contributed by atoms with E-state index in [1.807, 2.05) is 60.9 Å². The summed E-state index contributed by atoms with van der Waals surface area (Å²) in [5, 5.41) is 24.4. The zero-order valence-electron chi connectivity index (χ0n) is 33.5. The number of unbranched alkanes of at least 4 members (excludes halogenated alkanes) is 2. The zero-order chi connectivity index (χ0) is 40.6. The fourth-order valence-corrected chi connectivity index (χ4v) is 9.67. The highest BCUT2D eigenvalue weighted by Gasteiger charge is 2.65. The minimum Gasteiger partial charge on any atom is -0.459 e. The Morgan fingerprint density at radius 3 is 2.43 bits per heavy atom. The quantitative estimate of drug-likeness (QED) is 0.0554. The van der Waals surface area contributed by atoms with Crippen molar-refractivity contribution in [3.63, 3.8) is 0 Å². The molecule has 0 spiro atoms. The maximum Gasteiger partial charge on any atom is 0.410 e. The number of carbonyl (C=O) groups excluding carboxylic acids is 1. The van der Waals surface area contributed by atoms with Gasteiger partial charge in [-0.1, -0.05) is 36.2 Å². The van der Waals surface area contributed by atoms with Crippen molar-refractivity contribution in [2.24, 2.45) is 22.9 Å². The Morgan fingerprint density at radius 2 is 1.71 bits per heavy atom. The van der Waals surface area contributed by atoms with Crippen LogP contribution >= 0.6 is 11.8 Å². The van der Waals surface area contributed by atoms with Crippen molar-refractivity contribution in [2.45, 2.75) is 74.1 Å². The van der Waals surface area contributed by atoms with E-state index in [4.69, 9.17) is 33.3 Å². The highest BCUT2D eigenvalue weighted by Crippen LogP contribution is 2.62. The minimum absolute atomic E-state index is 0.0624. The lowest BCUT2D eigenvalue weighted by atomic mass is 9.55. The van der Waals surface area contributed by atoms with Crippen molar-refractivity contribution < 1.29 is 48.3 Å². The largest absolute Gasteiger partial charge is 0.459 e. The summed E-state index contributed by atoms with van der Waals surface area (Å²) in [7, 11) is 2.90. The summed E-state index contributed by atoms with van der Waals surface area (Å²) >= 11 is 1.67. The van der Waals surface area contributed by atoms with Gasteiger partial charge in [0.05, 0.1) is 25.3 Å². The van der Waals surface area contributed by atoms with Gasteiger partial charge in [-0.15, -0.1) is 18.3 Å². The second kappa shape index (κ2) is 18.9. The van der Waals surface area contributed by atoms with Crippen LogP contribution in [-0.4, -0.2) is 85.8 Å². The van der Waals surface area contributed by atoms with Crippen molar-refractivity contribution in [1.82, 2.24) is 4.90 Å². The summed E-state index contributed by atoms with van der Waals surface area (Å²) in [5.41, 5.74) is 3.40. The lowest BCUT2D eigenvalue weighted by molar-refractivity contribution is -0.256. The number of methoxy groups -OCH3 is 1. The summed E-state index contributed by atoms with van der Waals surface area (Å²) in [4.78, 5) is 22.5. The molecule has 3 aromatic rings. The highest BCUT2D eigenvalue weighted by molar-refractivity contribution is 7.98. The molecule has 0 aromatic heterocycles. The monoisotopic (exact) mass is 814 g/mol. The normalized spacial score (nSPS) is 24.5. The molecular formula is C45H54N2O10S. The standard InChI is InChI=1S/C45H54N2O10S/c1-5-22-55-45-41(47(44(50)51-2)27-29-12-18-39-40(23-29)54-28-53-39)26-37(46-52-3)35-24-30(10-6-8-20-48)34(11-7-9-21-49)42(43(35)45)36-25-32(15-19-38(36)57-45)56-31-13-16-33(58-4)17-14-31/h5,12-19,23-25,30,34,41-43,48-49H,1,6-11,20-22,26-28H2,2-4H3/t30-,34+,41-,42+,43+,45+/m0/s1. The molecule has 12 nitrogen and oxygen atoms in total. The molecule has 4 aliphatic rings. The van der Waals surface area contributed by atoms with Gasteiger partial charge in [0.25, 0.3) is 0 Å². The molecule has 1 fully saturated rings. The number of aliphatic hydroxyl groups is 2. The number of oxime groups is 1. The molecule has 0 bridgehead atoms. The molecule has 2 aliphatic heterocycles. The first-order chi connectivity index (χ1) is 28.4. The van der Waals surface area contributed by atoms with E-state index in [-0.39, 0.29) is 57.3 Å². The average molecular weight is 815 g/mol. The van der Waals surface area contributed by atoms with Gasteiger partial charge in [-0.3, -0.25) is 4.90 Å². The molecule has 0 radical (unpaired) electrons. The first kappa shape index (κ1) is 41.5. The Bertz CT molecular complexity index is 1970. The lowest BCUT2D eigenvalue weighted by Crippen LogP contribution is -2.70. The number of thioether (sulfide) groups is 1. The zero-order valence-corrected chi connectivity index (χ0v) is 34.3. The first-order valence-corrected chi connectivity index (χ1v) is 21.3. The van der Waals surface area contributed by atoms with Crippen molar-refractivity contribution in [2.75, 3.05) is 47.1 Å². The number of hydrogen-bond acceptors (Lipinski definition) is 12. The van der Waals surface area contributed by atoms with E-state index in [1.54, 1.807) is 22.7 Å². The van der Waals surface area contributed by atoms with Crippen LogP contribution in [0, 0.1) is 17.8 Å². The first-order valence-electron chi connectivity index (χ1n) is 20.0. The summed E-state index contributed by atoms with van der Waals surface area (Å²) in [6.07, 6.45) is 10.4. The van der Waals surface area contributed by atoms with Gasteiger partial charge in [0.15, 0.2) is 11.5 Å². The van der Waals surface area contributed by atoms with Crippen molar-refractivity contribution in [3.8, 4) is 28.7 Å². The molecule has 0 saturated heterocycles. The Labute approximate surface area is 344 Å². The van der Waals surface area contributed by atoms with Crippen molar-refractivity contribution >= 4 is 23.6 Å². The molecular weight excluding hydrogens is 761 g/mol. The van der Waals surface area contributed by atoms with Gasteiger partial charge in [0.1, 0.15) is 30.4 Å². The molecule has 13 heteroatoms. The number of nitrogens with zero attached hydrogens (tertiary/aromatic N) is 2. The fourth-order valence-electron chi connectivity index (χ4n) is 9.26. The Kier molecular flexibility index (Phi) is 13.5. The third kappa shape index (κ3) is 8.40. The highest BCUT2D eigenvalue weighted by atomic mass is 32.2. The summed E-state index contributed by atoms with van der Waals surface area (Å²) in [6, 6.07) is 18.8. The number of carbonyl (C=O) groups is 1. The van der Waals surface area contributed by atoms with E-state index in [1.165, 1.54) is 14.2 Å². The number of fused-ring (bicyclic) bond motifs is 3. The number of benzene rings is 3. The van der Waals surface area contributed by atoms with E-state index in [0.29, 0.717) is 47.3 Å². The van der Waals surface area contributed by atoms with Gasteiger partial charge in [0.2, 0.25) is 12.6 Å². The third-order valence-electron chi connectivity index (χ3n) is 11.7. The molecule has 6 atom stereocenters. The van der Waals surface area contributed by atoms with Crippen LogP contribution in [0.3, 0.4) is 0 Å². The van der Waals surface area contributed by atoms with Gasteiger partial charge in [0, 0.05) is 42.6 Å². The molecule has 0 unspecified atom stereocenters. The maximum atomic E-state index is 14.2. The van der Waals surface area contributed by atoms with E-state index in [2.05, 4.69) is 23.9 Å². The number of allylic oxidation sites excluding steroid dienone is 1. The minimum atomic E-state index is -1.43. The van der Waals surface area contributed by atoms with Crippen molar-refractivity contribution in [3.05, 3.63) is 96.1 Å². The second-order valence-corrected chi connectivity index (χ2v) is 15.9. The molecule has 1 saturated carbocycles. The van der Waals surface area contributed by atoms with Crippen LogP contribution in [0.4, 0.5) is 4.79 Å². The van der Waals surface area contributed by atoms with E-state index >= 15 is 0 Å². The van der Waals surface area contributed by atoms with E-state index in [0.717, 1.165) is 47.3 Å². The lowest BCUT2D eigenvalue weighted by Gasteiger charge is -2.59. The predicted octanol–water partition coefficient (Wildman–Crippen LogP) is 8.46. The number of hydrogen-bond donors (Lipinski definition) is 2. The Hall–Kier alpha value is -4.69. The molecule has 1 amide bonds. The Balaban J connectivity index is 1.42. The molecule has 2 N–H and O–H groups in total. The smallest absolute Gasteiger partial charge is 0.410 e.